The van der Waals surface area contributed by atoms with E-state index in [-0.39, 0.29) is 23.3 Å². The van der Waals surface area contributed by atoms with Gasteiger partial charge in [-0.1, -0.05) is 121 Å². The number of hydrogen-bond acceptors (Lipinski definition) is 6. The molecule has 0 saturated carbocycles. The van der Waals surface area contributed by atoms with Gasteiger partial charge in [0, 0.05) is 11.8 Å². The average Bonchev–Trinajstić information content (AvgIpc) is 3.47. The SMILES string of the molecule is CS(=O)(=O)OC[C@@H]1C[C@@H](SC(c2ccccc2)(c2ccccc2)c2ccccc2)CN1S(=O)(=O)c1ccc2ccccc2c1. The van der Waals surface area contributed by atoms with Crippen molar-refractivity contribution in [2.75, 3.05) is 19.4 Å². The minimum absolute atomic E-state index is 0.173. The number of rotatable bonds is 10. The average molecular weight is 644 g/mol. The maximum Gasteiger partial charge on any atom is 0.264 e. The third kappa shape index (κ3) is 6.20. The van der Waals surface area contributed by atoms with E-state index in [0.717, 1.165) is 33.7 Å². The van der Waals surface area contributed by atoms with E-state index in [1.807, 2.05) is 78.9 Å². The molecular formula is C35H33NO5S3. The zero-order chi connectivity index (χ0) is 30.8. The first-order valence-electron chi connectivity index (χ1n) is 14.4. The Bertz CT molecular complexity index is 1860. The highest BCUT2D eigenvalue weighted by molar-refractivity contribution is 8.01. The fourth-order valence-electron chi connectivity index (χ4n) is 6.01. The van der Waals surface area contributed by atoms with Crippen LogP contribution in [0.1, 0.15) is 23.1 Å². The van der Waals surface area contributed by atoms with Crippen molar-refractivity contribution in [3.05, 3.63) is 150 Å². The second kappa shape index (κ2) is 12.5. The zero-order valence-corrected chi connectivity index (χ0v) is 26.6. The van der Waals surface area contributed by atoms with Gasteiger partial charge in [0.1, 0.15) is 0 Å². The highest BCUT2D eigenvalue weighted by Crippen LogP contribution is 2.52. The van der Waals surface area contributed by atoms with Crippen molar-refractivity contribution < 1.29 is 21.0 Å². The molecule has 1 fully saturated rings. The molecule has 9 heteroatoms. The number of hydrogen-bond donors (Lipinski definition) is 0. The molecule has 1 heterocycles. The van der Waals surface area contributed by atoms with Gasteiger partial charge in [-0.2, -0.15) is 12.7 Å². The van der Waals surface area contributed by atoms with Crippen LogP contribution in [0.3, 0.4) is 0 Å². The first-order chi connectivity index (χ1) is 21.2. The van der Waals surface area contributed by atoms with Crippen molar-refractivity contribution in [3.63, 3.8) is 0 Å². The summed E-state index contributed by atoms with van der Waals surface area (Å²) >= 11 is 1.70. The number of sulfonamides is 1. The molecule has 44 heavy (non-hydrogen) atoms. The summed E-state index contributed by atoms with van der Waals surface area (Å²) in [6.45, 7) is -0.0520. The Balaban J connectivity index is 1.43. The Morgan fingerprint density at radius 1 is 0.705 bits per heavy atom. The first-order valence-corrected chi connectivity index (χ1v) is 18.5. The summed E-state index contributed by atoms with van der Waals surface area (Å²) in [5, 5.41) is 1.58. The van der Waals surface area contributed by atoms with E-state index in [1.54, 1.807) is 30.0 Å². The summed E-state index contributed by atoms with van der Waals surface area (Å²) in [5.41, 5.74) is 3.21. The van der Waals surface area contributed by atoms with E-state index in [4.69, 9.17) is 4.18 Å². The number of benzene rings is 5. The molecule has 1 aliphatic rings. The fourth-order valence-corrected chi connectivity index (χ4v) is 10.1. The molecule has 1 saturated heterocycles. The quantitative estimate of drug-likeness (QED) is 0.125. The third-order valence-corrected chi connectivity index (χ3v) is 12.2. The predicted molar refractivity (Wildman–Crippen MR) is 178 cm³/mol. The number of fused-ring (bicyclic) bond motifs is 1. The summed E-state index contributed by atoms with van der Waals surface area (Å²) in [5.74, 6) is 0. The summed E-state index contributed by atoms with van der Waals surface area (Å²) in [7, 11) is -7.77. The van der Waals surface area contributed by atoms with E-state index < -0.39 is 30.9 Å². The van der Waals surface area contributed by atoms with Gasteiger partial charge >= 0.3 is 0 Å². The molecule has 5 aromatic rings. The van der Waals surface area contributed by atoms with Crippen LogP contribution in [0, 0.1) is 0 Å². The Labute approximate surface area is 263 Å². The van der Waals surface area contributed by atoms with Gasteiger partial charge in [0.2, 0.25) is 10.0 Å². The van der Waals surface area contributed by atoms with Crippen molar-refractivity contribution >= 4 is 42.7 Å². The van der Waals surface area contributed by atoms with Gasteiger partial charge in [0.25, 0.3) is 10.1 Å². The van der Waals surface area contributed by atoms with Crippen LogP contribution in [0.4, 0.5) is 0 Å². The summed E-state index contributed by atoms with van der Waals surface area (Å²) < 4.78 is 58.6. The van der Waals surface area contributed by atoms with Gasteiger partial charge in [0.05, 0.1) is 28.5 Å². The van der Waals surface area contributed by atoms with Gasteiger partial charge in [0.15, 0.2) is 0 Å². The molecule has 226 valence electrons. The Morgan fingerprint density at radius 3 is 1.73 bits per heavy atom. The van der Waals surface area contributed by atoms with Crippen molar-refractivity contribution in [1.82, 2.24) is 4.31 Å². The van der Waals surface area contributed by atoms with Crippen LogP contribution in [-0.2, 0) is 29.1 Å². The van der Waals surface area contributed by atoms with Crippen LogP contribution < -0.4 is 0 Å². The smallest absolute Gasteiger partial charge is 0.264 e. The second-order valence-corrected chi connectivity index (χ2v) is 16.0. The number of thioether (sulfide) groups is 1. The lowest BCUT2D eigenvalue weighted by atomic mass is 9.84. The topological polar surface area (TPSA) is 80.8 Å². The molecule has 0 radical (unpaired) electrons. The number of nitrogens with zero attached hydrogens (tertiary/aromatic N) is 1. The third-order valence-electron chi connectivity index (χ3n) is 8.01. The lowest BCUT2D eigenvalue weighted by molar-refractivity contribution is 0.239. The van der Waals surface area contributed by atoms with E-state index in [9.17, 15) is 16.8 Å². The largest absolute Gasteiger partial charge is 0.269 e. The van der Waals surface area contributed by atoms with Crippen LogP contribution in [-0.4, -0.2) is 51.8 Å². The molecule has 6 nitrogen and oxygen atoms in total. The summed E-state index contributed by atoms with van der Waals surface area (Å²) in [6.07, 6.45) is 1.41. The van der Waals surface area contributed by atoms with Gasteiger partial charge in [-0.3, -0.25) is 4.18 Å². The normalized spacial score (nSPS) is 18.0. The molecule has 6 rings (SSSR count). The molecule has 2 atom stereocenters. The standard InChI is InChI=1S/C35H33NO5S3/c1-43(37,38)41-26-32-24-33(25-36(32)44(39,40)34-22-21-27-13-11-12-14-28(27)23-34)42-35(29-15-5-2-6-16-29,30-17-7-3-8-18-30)31-19-9-4-10-20-31/h2-23,32-33H,24-26H2,1H3/t32-,33+/m0/s1. The first kappa shape index (κ1) is 30.6. The molecule has 0 bridgehead atoms. The minimum atomic E-state index is -3.98. The van der Waals surface area contributed by atoms with Crippen LogP contribution in [0.2, 0.25) is 0 Å². The Kier molecular flexibility index (Phi) is 8.68. The van der Waals surface area contributed by atoms with Crippen molar-refractivity contribution in [2.45, 2.75) is 27.4 Å². The van der Waals surface area contributed by atoms with Gasteiger partial charge < -0.3 is 0 Å². The zero-order valence-electron chi connectivity index (χ0n) is 24.2. The van der Waals surface area contributed by atoms with Crippen molar-refractivity contribution in [1.29, 1.82) is 0 Å². The lowest BCUT2D eigenvalue weighted by Gasteiger charge is -2.37. The van der Waals surface area contributed by atoms with E-state index in [0.29, 0.717) is 6.42 Å². The summed E-state index contributed by atoms with van der Waals surface area (Å²) in [4.78, 5) is 0.173. The van der Waals surface area contributed by atoms with Gasteiger partial charge in [-0.15, -0.1) is 11.8 Å². The van der Waals surface area contributed by atoms with Crippen molar-refractivity contribution in [3.8, 4) is 0 Å². The van der Waals surface area contributed by atoms with Crippen LogP contribution in [0.5, 0.6) is 0 Å². The monoisotopic (exact) mass is 643 g/mol. The molecule has 0 spiro atoms. The maximum atomic E-state index is 14.2. The molecule has 0 aliphatic carbocycles. The Morgan fingerprint density at radius 2 is 1.20 bits per heavy atom. The highest BCUT2D eigenvalue weighted by Gasteiger charge is 2.46. The van der Waals surface area contributed by atoms with Gasteiger partial charge in [-0.05, 0) is 46.0 Å². The molecule has 0 amide bonds. The molecule has 0 unspecified atom stereocenters. The van der Waals surface area contributed by atoms with Gasteiger partial charge in [-0.25, -0.2) is 8.42 Å². The maximum absolute atomic E-state index is 14.2. The lowest BCUT2D eigenvalue weighted by Crippen LogP contribution is -2.39. The molecule has 0 N–H and O–H groups in total. The fraction of sp³-hybridized carbons (Fsp3) is 0.200. The second-order valence-electron chi connectivity index (χ2n) is 11.0. The highest BCUT2D eigenvalue weighted by atomic mass is 32.2. The molecular weight excluding hydrogens is 611 g/mol. The van der Waals surface area contributed by atoms with Crippen LogP contribution in [0.25, 0.3) is 10.8 Å². The predicted octanol–water partition coefficient (Wildman–Crippen LogP) is 6.67. The van der Waals surface area contributed by atoms with E-state index in [1.165, 1.54) is 4.31 Å². The van der Waals surface area contributed by atoms with Crippen molar-refractivity contribution in [2.24, 2.45) is 0 Å². The molecule has 0 aromatic heterocycles. The van der Waals surface area contributed by atoms with E-state index >= 15 is 0 Å². The Hall–Kier alpha value is -3.47. The molecule has 5 aromatic carbocycles. The summed E-state index contributed by atoms with van der Waals surface area (Å²) in [6, 6.07) is 42.8. The van der Waals surface area contributed by atoms with Crippen LogP contribution in [0.15, 0.2) is 138 Å². The van der Waals surface area contributed by atoms with Crippen LogP contribution >= 0.6 is 11.8 Å². The molecule has 1 aliphatic heterocycles. The van der Waals surface area contributed by atoms with E-state index in [2.05, 4.69) is 36.4 Å². The minimum Gasteiger partial charge on any atom is -0.269 e.